The first kappa shape index (κ1) is 13.2. The summed E-state index contributed by atoms with van der Waals surface area (Å²) in [5.41, 5.74) is 1.70. The zero-order chi connectivity index (χ0) is 14.1. The standard InChI is InChI=1S/C14H11Cl2N3O/c1-20-12-3-2-9-4-10(14(16)18-13(9)5-12)7-19-8-11(15)6-17-19/h2-6,8H,7H2,1H3. The van der Waals surface area contributed by atoms with Gasteiger partial charge in [0.05, 0.1) is 30.4 Å². The zero-order valence-corrected chi connectivity index (χ0v) is 12.2. The number of halogens is 2. The Bertz CT molecular complexity index is 770. The Kier molecular flexibility index (Phi) is 3.51. The number of ether oxygens (including phenoxy) is 1. The van der Waals surface area contributed by atoms with Crippen LogP contribution in [0, 0.1) is 0 Å². The van der Waals surface area contributed by atoms with E-state index in [1.54, 1.807) is 24.2 Å². The van der Waals surface area contributed by atoms with Gasteiger partial charge in [-0.05, 0) is 18.2 Å². The van der Waals surface area contributed by atoms with Crippen LogP contribution in [0.5, 0.6) is 5.75 Å². The molecule has 0 fully saturated rings. The van der Waals surface area contributed by atoms with Gasteiger partial charge in [0.15, 0.2) is 0 Å². The van der Waals surface area contributed by atoms with Crippen molar-refractivity contribution in [1.82, 2.24) is 14.8 Å². The van der Waals surface area contributed by atoms with E-state index in [0.29, 0.717) is 16.7 Å². The van der Waals surface area contributed by atoms with E-state index >= 15 is 0 Å². The molecule has 1 aromatic carbocycles. The number of aromatic nitrogens is 3. The van der Waals surface area contributed by atoms with Crippen molar-refractivity contribution in [3.8, 4) is 5.75 Å². The number of benzene rings is 1. The molecule has 0 radical (unpaired) electrons. The molecule has 0 aliphatic rings. The van der Waals surface area contributed by atoms with E-state index in [1.165, 1.54) is 0 Å². The maximum absolute atomic E-state index is 6.23. The molecule has 0 unspecified atom stereocenters. The fraction of sp³-hybridized carbons (Fsp3) is 0.143. The zero-order valence-electron chi connectivity index (χ0n) is 10.7. The lowest BCUT2D eigenvalue weighted by Gasteiger charge is -2.07. The number of methoxy groups -OCH3 is 1. The van der Waals surface area contributed by atoms with Crippen molar-refractivity contribution >= 4 is 34.1 Å². The number of rotatable bonds is 3. The summed E-state index contributed by atoms with van der Waals surface area (Å²) in [7, 11) is 1.62. The Morgan fingerprint density at radius 2 is 2.10 bits per heavy atom. The molecule has 0 saturated heterocycles. The molecule has 3 aromatic rings. The number of hydrogen-bond acceptors (Lipinski definition) is 3. The van der Waals surface area contributed by atoms with Gasteiger partial charge in [0.25, 0.3) is 0 Å². The van der Waals surface area contributed by atoms with Gasteiger partial charge in [0.2, 0.25) is 0 Å². The van der Waals surface area contributed by atoms with E-state index in [4.69, 9.17) is 27.9 Å². The van der Waals surface area contributed by atoms with Crippen molar-refractivity contribution < 1.29 is 4.74 Å². The lowest BCUT2D eigenvalue weighted by atomic mass is 10.1. The molecule has 6 heteroatoms. The molecule has 0 aliphatic heterocycles. The van der Waals surface area contributed by atoms with Gasteiger partial charge in [0.1, 0.15) is 10.9 Å². The van der Waals surface area contributed by atoms with Gasteiger partial charge in [-0.1, -0.05) is 23.2 Å². The molecule has 0 aliphatic carbocycles. The van der Waals surface area contributed by atoms with Crippen LogP contribution in [0.2, 0.25) is 10.2 Å². The molecular weight excluding hydrogens is 297 g/mol. The van der Waals surface area contributed by atoms with Crippen molar-refractivity contribution in [1.29, 1.82) is 0 Å². The average molecular weight is 308 g/mol. The van der Waals surface area contributed by atoms with Crippen LogP contribution in [0.3, 0.4) is 0 Å². The first-order chi connectivity index (χ1) is 9.65. The third-order valence-electron chi connectivity index (χ3n) is 2.99. The Balaban J connectivity index is 2.01. The summed E-state index contributed by atoms with van der Waals surface area (Å²) >= 11 is 12.1. The molecule has 0 atom stereocenters. The summed E-state index contributed by atoms with van der Waals surface area (Å²) in [6, 6.07) is 7.71. The first-order valence-corrected chi connectivity index (χ1v) is 6.72. The molecule has 2 aromatic heterocycles. The average Bonchev–Trinajstić information content (AvgIpc) is 2.84. The van der Waals surface area contributed by atoms with E-state index in [1.807, 2.05) is 24.3 Å². The molecule has 0 bridgehead atoms. The van der Waals surface area contributed by atoms with E-state index in [2.05, 4.69) is 10.1 Å². The summed E-state index contributed by atoms with van der Waals surface area (Å²) in [6.45, 7) is 0.528. The molecule has 2 heterocycles. The van der Waals surface area contributed by atoms with Crippen molar-refractivity contribution in [3.63, 3.8) is 0 Å². The fourth-order valence-electron chi connectivity index (χ4n) is 2.00. The highest BCUT2D eigenvalue weighted by Gasteiger charge is 2.07. The maximum Gasteiger partial charge on any atom is 0.134 e. The van der Waals surface area contributed by atoms with Gasteiger partial charge in [0, 0.05) is 23.2 Å². The minimum Gasteiger partial charge on any atom is -0.497 e. The van der Waals surface area contributed by atoms with Gasteiger partial charge in [-0.15, -0.1) is 0 Å². The second-order valence-electron chi connectivity index (χ2n) is 4.35. The van der Waals surface area contributed by atoms with E-state index in [-0.39, 0.29) is 0 Å². The van der Waals surface area contributed by atoms with Crippen LogP contribution in [0.15, 0.2) is 36.7 Å². The fourth-order valence-corrected chi connectivity index (χ4v) is 2.37. The quantitative estimate of drug-likeness (QED) is 0.691. The monoisotopic (exact) mass is 307 g/mol. The van der Waals surface area contributed by atoms with Gasteiger partial charge >= 0.3 is 0 Å². The van der Waals surface area contributed by atoms with Gasteiger partial charge in [-0.25, -0.2) is 4.98 Å². The molecule has 20 heavy (non-hydrogen) atoms. The Morgan fingerprint density at radius 3 is 2.80 bits per heavy atom. The highest BCUT2D eigenvalue weighted by molar-refractivity contribution is 6.30. The van der Waals surface area contributed by atoms with Crippen LogP contribution < -0.4 is 4.74 Å². The van der Waals surface area contributed by atoms with Crippen molar-refractivity contribution in [3.05, 3.63) is 52.4 Å². The van der Waals surface area contributed by atoms with E-state index in [0.717, 1.165) is 22.2 Å². The number of nitrogens with zero attached hydrogens (tertiary/aromatic N) is 3. The number of hydrogen-bond donors (Lipinski definition) is 0. The normalized spacial score (nSPS) is 10.9. The van der Waals surface area contributed by atoms with Gasteiger partial charge in [-0.3, -0.25) is 4.68 Å². The van der Waals surface area contributed by atoms with Gasteiger partial charge in [-0.2, -0.15) is 5.10 Å². The van der Waals surface area contributed by atoms with Crippen LogP contribution in [0.4, 0.5) is 0 Å². The minimum absolute atomic E-state index is 0.456. The van der Waals surface area contributed by atoms with Crippen LogP contribution in [0.1, 0.15) is 5.56 Å². The largest absolute Gasteiger partial charge is 0.497 e. The summed E-state index contributed by atoms with van der Waals surface area (Å²) in [6.07, 6.45) is 3.34. The van der Waals surface area contributed by atoms with Crippen molar-refractivity contribution in [2.45, 2.75) is 6.54 Å². The molecule has 0 N–H and O–H groups in total. The summed E-state index contributed by atoms with van der Waals surface area (Å²) < 4.78 is 6.90. The molecule has 4 nitrogen and oxygen atoms in total. The Hall–Kier alpha value is -1.78. The van der Waals surface area contributed by atoms with Crippen molar-refractivity contribution in [2.75, 3.05) is 7.11 Å². The highest BCUT2D eigenvalue weighted by atomic mass is 35.5. The second kappa shape index (κ2) is 5.31. The summed E-state index contributed by atoms with van der Waals surface area (Å²) in [5, 5.41) is 6.19. The lowest BCUT2D eigenvalue weighted by molar-refractivity contribution is 0.415. The Labute approximate surface area is 125 Å². The van der Waals surface area contributed by atoms with Crippen LogP contribution in [-0.4, -0.2) is 21.9 Å². The van der Waals surface area contributed by atoms with Crippen LogP contribution in [0.25, 0.3) is 10.9 Å². The topological polar surface area (TPSA) is 39.9 Å². The number of pyridine rings is 1. The second-order valence-corrected chi connectivity index (χ2v) is 5.15. The van der Waals surface area contributed by atoms with Crippen LogP contribution in [-0.2, 0) is 6.54 Å². The summed E-state index contributed by atoms with van der Waals surface area (Å²) in [4.78, 5) is 4.40. The predicted molar refractivity (Wildman–Crippen MR) is 79.6 cm³/mol. The molecule has 0 amide bonds. The lowest BCUT2D eigenvalue weighted by Crippen LogP contribution is -2.01. The molecule has 102 valence electrons. The van der Waals surface area contributed by atoms with Gasteiger partial charge < -0.3 is 4.74 Å². The van der Waals surface area contributed by atoms with E-state index < -0.39 is 0 Å². The smallest absolute Gasteiger partial charge is 0.134 e. The minimum atomic E-state index is 0.456. The first-order valence-electron chi connectivity index (χ1n) is 5.97. The highest BCUT2D eigenvalue weighted by Crippen LogP contribution is 2.24. The molecule has 0 saturated carbocycles. The summed E-state index contributed by atoms with van der Waals surface area (Å²) in [5.74, 6) is 0.757. The molecule has 3 rings (SSSR count). The van der Waals surface area contributed by atoms with Crippen molar-refractivity contribution in [2.24, 2.45) is 0 Å². The van der Waals surface area contributed by atoms with Crippen LogP contribution >= 0.6 is 23.2 Å². The SMILES string of the molecule is COc1ccc2cc(Cn3cc(Cl)cn3)c(Cl)nc2c1. The maximum atomic E-state index is 6.23. The third kappa shape index (κ3) is 2.57. The van der Waals surface area contributed by atoms with E-state index in [9.17, 15) is 0 Å². The molecular formula is C14H11Cl2N3O. The predicted octanol–water partition coefficient (Wildman–Crippen LogP) is 3.80. The Morgan fingerprint density at radius 1 is 1.25 bits per heavy atom. The third-order valence-corrected chi connectivity index (χ3v) is 3.51. The molecule has 0 spiro atoms. The number of fused-ring (bicyclic) bond motifs is 1.